The Hall–Kier alpha value is -4.70. The predicted molar refractivity (Wildman–Crippen MR) is 166 cm³/mol. The standard InChI is InChI=1S/C32H35N7O3/c1-35(2)30(40)26-27-28(38(20-22-10-5-4-6-11-22)29(26)37-18-9-15-33-17-19-37)31(41)39(32(42)36(27)3)21-25-24-13-8-7-12-23(24)14-16-34-25/h4-8,10-14,16,33H,9,15,17-21H2,1-3H3. The van der Waals surface area contributed by atoms with Gasteiger partial charge in [-0.15, -0.1) is 0 Å². The summed E-state index contributed by atoms with van der Waals surface area (Å²) in [7, 11) is 5.04. The van der Waals surface area contributed by atoms with E-state index < -0.39 is 11.2 Å². The SMILES string of the molecule is CN(C)C(=O)c1c(N2CCCNCC2)n(Cc2ccccc2)c2c(=O)n(Cc3nccc4ccccc34)c(=O)n(C)c12. The first-order valence-electron chi connectivity index (χ1n) is 14.3. The van der Waals surface area contributed by atoms with Crippen molar-refractivity contribution in [2.24, 2.45) is 7.05 Å². The fraction of sp³-hybridized carbons (Fsp3) is 0.312. The van der Waals surface area contributed by atoms with Crippen LogP contribution in [0.1, 0.15) is 28.0 Å². The molecule has 1 N–H and O–H groups in total. The number of carbonyl (C=O) groups excluding carboxylic acids is 1. The molecular formula is C32H35N7O3. The lowest BCUT2D eigenvalue weighted by molar-refractivity contribution is 0.0829. The summed E-state index contributed by atoms with van der Waals surface area (Å²) in [4.78, 5) is 50.6. The number of fused-ring (bicyclic) bond motifs is 2. The van der Waals surface area contributed by atoms with E-state index in [1.807, 2.05) is 65.2 Å². The van der Waals surface area contributed by atoms with Crippen LogP contribution in [0.4, 0.5) is 5.82 Å². The van der Waals surface area contributed by atoms with E-state index >= 15 is 0 Å². The lowest BCUT2D eigenvalue weighted by Crippen LogP contribution is -2.40. The van der Waals surface area contributed by atoms with Gasteiger partial charge < -0.3 is 19.7 Å². The number of carbonyl (C=O) groups is 1. The molecule has 0 spiro atoms. The van der Waals surface area contributed by atoms with Gasteiger partial charge in [-0.05, 0) is 30.0 Å². The second-order valence-corrected chi connectivity index (χ2v) is 11.0. The molecule has 0 saturated carbocycles. The van der Waals surface area contributed by atoms with Gasteiger partial charge in [0.15, 0.2) is 0 Å². The molecule has 0 radical (unpaired) electrons. The zero-order chi connectivity index (χ0) is 29.4. The number of pyridine rings is 1. The van der Waals surface area contributed by atoms with Crippen molar-refractivity contribution in [3.63, 3.8) is 0 Å². The molecule has 1 aliphatic rings. The maximum absolute atomic E-state index is 14.5. The fourth-order valence-electron chi connectivity index (χ4n) is 5.95. The lowest BCUT2D eigenvalue weighted by atomic mass is 10.1. The van der Waals surface area contributed by atoms with Crippen molar-refractivity contribution in [2.75, 3.05) is 45.2 Å². The van der Waals surface area contributed by atoms with E-state index in [2.05, 4.69) is 15.2 Å². The first kappa shape index (κ1) is 27.5. The molecule has 0 atom stereocenters. The van der Waals surface area contributed by atoms with E-state index in [-0.39, 0.29) is 12.5 Å². The van der Waals surface area contributed by atoms with Gasteiger partial charge in [-0.1, -0.05) is 54.6 Å². The van der Waals surface area contributed by atoms with Crippen LogP contribution in [0.25, 0.3) is 21.8 Å². The van der Waals surface area contributed by atoms with Gasteiger partial charge in [0.2, 0.25) is 0 Å². The Morgan fingerprint density at radius 1 is 0.905 bits per heavy atom. The van der Waals surface area contributed by atoms with Gasteiger partial charge in [0, 0.05) is 58.9 Å². The monoisotopic (exact) mass is 565 g/mol. The van der Waals surface area contributed by atoms with Crippen LogP contribution in [-0.2, 0) is 20.1 Å². The normalized spacial score (nSPS) is 13.9. The van der Waals surface area contributed by atoms with Crippen molar-refractivity contribution in [1.29, 1.82) is 0 Å². The Morgan fingerprint density at radius 3 is 2.45 bits per heavy atom. The number of nitrogens with one attached hydrogen (secondary N) is 1. The van der Waals surface area contributed by atoms with E-state index in [9.17, 15) is 14.4 Å². The van der Waals surface area contributed by atoms with Gasteiger partial charge >= 0.3 is 5.69 Å². The number of anilines is 1. The smallest absolute Gasteiger partial charge is 0.331 e. The Morgan fingerprint density at radius 2 is 1.67 bits per heavy atom. The summed E-state index contributed by atoms with van der Waals surface area (Å²) in [5.74, 6) is 0.422. The molecule has 0 aliphatic carbocycles. The third-order valence-electron chi connectivity index (χ3n) is 8.02. The maximum atomic E-state index is 14.5. The molecule has 10 heteroatoms. The molecular weight excluding hydrogens is 530 g/mol. The molecule has 1 amide bonds. The number of aromatic nitrogens is 4. The molecule has 0 bridgehead atoms. The maximum Gasteiger partial charge on any atom is 0.331 e. The zero-order valence-electron chi connectivity index (χ0n) is 24.2. The van der Waals surface area contributed by atoms with Crippen LogP contribution in [0, 0.1) is 0 Å². The summed E-state index contributed by atoms with van der Waals surface area (Å²) in [6.45, 7) is 3.39. The van der Waals surface area contributed by atoms with Gasteiger partial charge in [-0.25, -0.2) is 4.79 Å². The minimum Gasteiger partial charge on any atom is -0.356 e. The van der Waals surface area contributed by atoms with Crippen molar-refractivity contribution in [3.8, 4) is 0 Å². The molecule has 1 saturated heterocycles. The number of hydrogen-bond acceptors (Lipinski definition) is 6. The Bertz CT molecular complexity index is 1890. The van der Waals surface area contributed by atoms with E-state index in [4.69, 9.17) is 0 Å². The van der Waals surface area contributed by atoms with Crippen LogP contribution in [0.5, 0.6) is 0 Å². The summed E-state index contributed by atoms with van der Waals surface area (Å²) in [6, 6.07) is 19.6. The highest BCUT2D eigenvalue weighted by molar-refractivity contribution is 6.10. The highest BCUT2D eigenvalue weighted by Gasteiger charge is 2.32. The van der Waals surface area contributed by atoms with Gasteiger partial charge in [-0.3, -0.25) is 23.7 Å². The lowest BCUT2D eigenvalue weighted by Gasteiger charge is -2.26. The summed E-state index contributed by atoms with van der Waals surface area (Å²) in [5.41, 5.74) is 1.76. The Balaban J connectivity index is 1.67. The molecule has 3 aromatic heterocycles. The average molecular weight is 566 g/mol. The third kappa shape index (κ3) is 4.77. The van der Waals surface area contributed by atoms with Crippen molar-refractivity contribution in [1.82, 2.24) is 28.9 Å². The van der Waals surface area contributed by atoms with Crippen molar-refractivity contribution < 1.29 is 4.79 Å². The Labute approximate surface area is 243 Å². The Kier molecular flexibility index (Phi) is 7.38. The van der Waals surface area contributed by atoms with Gasteiger partial charge in [-0.2, -0.15) is 0 Å². The van der Waals surface area contributed by atoms with Gasteiger partial charge in [0.25, 0.3) is 11.5 Å². The number of rotatable bonds is 6. The molecule has 216 valence electrons. The van der Waals surface area contributed by atoms with Crippen molar-refractivity contribution in [2.45, 2.75) is 19.5 Å². The number of amides is 1. The molecule has 10 nitrogen and oxygen atoms in total. The summed E-state index contributed by atoms with van der Waals surface area (Å²) < 4.78 is 4.65. The minimum absolute atomic E-state index is 0.0131. The zero-order valence-corrected chi connectivity index (χ0v) is 24.2. The number of hydrogen-bond donors (Lipinski definition) is 1. The minimum atomic E-state index is -0.490. The second-order valence-electron chi connectivity index (χ2n) is 11.0. The molecule has 1 aliphatic heterocycles. The molecule has 2 aromatic carbocycles. The highest BCUT2D eigenvalue weighted by Crippen LogP contribution is 2.33. The number of nitrogens with zero attached hydrogens (tertiary/aromatic N) is 6. The first-order valence-corrected chi connectivity index (χ1v) is 14.3. The van der Waals surface area contributed by atoms with Crippen LogP contribution in [0.2, 0.25) is 0 Å². The molecule has 4 heterocycles. The van der Waals surface area contributed by atoms with E-state index in [1.165, 1.54) is 14.0 Å². The van der Waals surface area contributed by atoms with Gasteiger partial charge in [0.05, 0.1) is 17.8 Å². The highest BCUT2D eigenvalue weighted by atomic mass is 16.2. The van der Waals surface area contributed by atoms with Crippen LogP contribution in [0.15, 0.2) is 76.4 Å². The predicted octanol–water partition coefficient (Wildman–Crippen LogP) is 2.65. The fourth-order valence-corrected chi connectivity index (χ4v) is 5.95. The number of benzene rings is 2. The number of aryl methyl sites for hydroxylation is 1. The van der Waals surface area contributed by atoms with E-state index in [0.29, 0.717) is 47.7 Å². The van der Waals surface area contributed by atoms with Crippen LogP contribution in [-0.4, -0.2) is 69.8 Å². The van der Waals surface area contributed by atoms with Crippen molar-refractivity contribution in [3.05, 3.63) is 105 Å². The summed E-state index contributed by atoms with van der Waals surface area (Å²) >= 11 is 0. The van der Waals surface area contributed by atoms with E-state index in [0.717, 1.165) is 35.8 Å². The topological polar surface area (TPSA) is 97.4 Å². The summed E-state index contributed by atoms with van der Waals surface area (Å²) in [5, 5.41) is 5.30. The summed E-state index contributed by atoms with van der Waals surface area (Å²) in [6.07, 6.45) is 2.58. The van der Waals surface area contributed by atoms with E-state index in [1.54, 1.807) is 27.3 Å². The largest absolute Gasteiger partial charge is 0.356 e. The molecule has 6 rings (SSSR count). The van der Waals surface area contributed by atoms with Crippen LogP contribution >= 0.6 is 0 Å². The van der Waals surface area contributed by atoms with Crippen molar-refractivity contribution >= 4 is 33.5 Å². The first-order chi connectivity index (χ1) is 20.4. The van der Waals surface area contributed by atoms with Crippen LogP contribution < -0.4 is 21.5 Å². The average Bonchev–Trinajstić information content (AvgIpc) is 3.13. The molecule has 5 aromatic rings. The second kappa shape index (κ2) is 11.3. The van der Waals surface area contributed by atoms with Gasteiger partial charge in [0.1, 0.15) is 16.9 Å². The molecule has 0 unspecified atom stereocenters. The third-order valence-corrected chi connectivity index (χ3v) is 8.02. The van der Waals surface area contributed by atoms with Crippen LogP contribution in [0.3, 0.4) is 0 Å². The molecule has 42 heavy (non-hydrogen) atoms. The quantitative estimate of drug-likeness (QED) is 0.340. The molecule has 1 fully saturated rings.